The molecule has 0 aliphatic carbocycles. The largest absolute Gasteiger partial charge is 0.384 e. The highest BCUT2D eigenvalue weighted by Crippen LogP contribution is 2.19. The first-order valence-electron chi connectivity index (χ1n) is 6.25. The Kier molecular flexibility index (Phi) is 5.33. The number of ether oxygens (including phenoxy) is 1. The summed E-state index contributed by atoms with van der Waals surface area (Å²) in [5.41, 5.74) is 0. The van der Waals surface area contributed by atoms with Crippen molar-refractivity contribution in [3.63, 3.8) is 0 Å². The molecule has 19 heavy (non-hydrogen) atoms. The molecule has 0 radical (unpaired) electrons. The highest BCUT2D eigenvalue weighted by Gasteiger charge is 2.18. The van der Waals surface area contributed by atoms with Gasteiger partial charge in [0.25, 0.3) is 0 Å². The molecule has 1 aromatic heterocycles. The summed E-state index contributed by atoms with van der Waals surface area (Å²) in [4.78, 5) is 16.6. The molecule has 2 heterocycles. The average Bonchev–Trinajstić information content (AvgIpc) is 2.85. The van der Waals surface area contributed by atoms with E-state index in [4.69, 9.17) is 9.84 Å². The second-order valence-electron chi connectivity index (χ2n) is 4.23. The maximum Gasteiger partial charge on any atom is 0.228 e. The summed E-state index contributed by atoms with van der Waals surface area (Å²) in [7, 11) is 0. The SMILES string of the molecule is O=C(CC1CCCCO1)Nc1ncc(C#CCO)s1. The number of hydrogen-bond donors (Lipinski definition) is 2. The molecule has 1 amide bonds. The van der Waals surface area contributed by atoms with Gasteiger partial charge in [-0.15, -0.1) is 0 Å². The topological polar surface area (TPSA) is 71.5 Å². The summed E-state index contributed by atoms with van der Waals surface area (Å²) in [5, 5.41) is 11.9. The second kappa shape index (κ2) is 7.24. The summed E-state index contributed by atoms with van der Waals surface area (Å²) in [6.45, 7) is 0.564. The van der Waals surface area contributed by atoms with Crippen LogP contribution >= 0.6 is 11.3 Å². The molecule has 1 unspecified atom stereocenters. The Morgan fingerprint density at radius 3 is 3.26 bits per heavy atom. The monoisotopic (exact) mass is 280 g/mol. The van der Waals surface area contributed by atoms with Crippen LogP contribution in [-0.2, 0) is 9.53 Å². The van der Waals surface area contributed by atoms with E-state index in [-0.39, 0.29) is 18.6 Å². The first-order valence-corrected chi connectivity index (χ1v) is 7.06. The summed E-state index contributed by atoms with van der Waals surface area (Å²) in [6.07, 6.45) is 5.13. The molecular formula is C13H16N2O3S. The van der Waals surface area contributed by atoms with Gasteiger partial charge in [0.05, 0.1) is 23.6 Å². The van der Waals surface area contributed by atoms with Crippen LogP contribution < -0.4 is 5.32 Å². The number of rotatable bonds is 3. The Bertz CT molecular complexity index is 484. The summed E-state index contributed by atoms with van der Waals surface area (Å²) in [6, 6.07) is 0. The number of carbonyl (C=O) groups excluding carboxylic acids is 1. The first kappa shape index (κ1) is 14.0. The summed E-state index contributed by atoms with van der Waals surface area (Å²) in [5.74, 6) is 5.21. The third-order valence-corrected chi connectivity index (χ3v) is 3.56. The van der Waals surface area contributed by atoms with Gasteiger partial charge in [0.2, 0.25) is 5.91 Å². The number of nitrogens with zero attached hydrogens (tertiary/aromatic N) is 1. The molecule has 0 aromatic carbocycles. The molecule has 5 nitrogen and oxygen atoms in total. The highest BCUT2D eigenvalue weighted by molar-refractivity contribution is 7.16. The predicted octanol–water partition coefficient (Wildman–Crippen LogP) is 1.38. The van der Waals surface area contributed by atoms with Crippen molar-refractivity contribution >= 4 is 22.4 Å². The molecule has 1 aliphatic heterocycles. The van der Waals surface area contributed by atoms with Crippen LogP contribution in [0.15, 0.2) is 6.20 Å². The van der Waals surface area contributed by atoms with Crippen LogP contribution in [0.5, 0.6) is 0 Å². The van der Waals surface area contributed by atoms with Crippen molar-refractivity contribution < 1.29 is 14.6 Å². The fourth-order valence-corrected chi connectivity index (χ4v) is 2.57. The lowest BCUT2D eigenvalue weighted by molar-refractivity contribution is -0.119. The number of nitrogens with one attached hydrogen (secondary N) is 1. The van der Waals surface area contributed by atoms with Gasteiger partial charge < -0.3 is 15.2 Å². The normalized spacial score (nSPS) is 18.5. The maximum absolute atomic E-state index is 11.8. The van der Waals surface area contributed by atoms with Crippen molar-refractivity contribution in [3.8, 4) is 11.8 Å². The van der Waals surface area contributed by atoms with Gasteiger partial charge >= 0.3 is 0 Å². The number of aliphatic hydroxyl groups is 1. The van der Waals surface area contributed by atoms with E-state index in [1.807, 2.05) is 0 Å². The van der Waals surface area contributed by atoms with E-state index < -0.39 is 0 Å². The fraction of sp³-hybridized carbons (Fsp3) is 0.538. The Hall–Kier alpha value is -1.42. The van der Waals surface area contributed by atoms with Gasteiger partial charge in [-0.2, -0.15) is 0 Å². The maximum atomic E-state index is 11.8. The van der Waals surface area contributed by atoms with Crippen LogP contribution in [0.2, 0.25) is 0 Å². The average molecular weight is 280 g/mol. The smallest absolute Gasteiger partial charge is 0.228 e. The van der Waals surface area contributed by atoms with Crippen LogP contribution in [0.4, 0.5) is 5.13 Å². The van der Waals surface area contributed by atoms with Gasteiger partial charge in [-0.25, -0.2) is 4.98 Å². The predicted molar refractivity (Wildman–Crippen MR) is 72.9 cm³/mol. The Morgan fingerprint density at radius 1 is 1.63 bits per heavy atom. The van der Waals surface area contributed by atoms with Crippen molar-refractivity contribution in [2.45, 2.75) is 31.8 Å². The number of aromatic nitrogens is 1. The van der Waals surface area contributed by atoms with E-state index in [0.29, 0.717) is 11.6 Å². The van der Waals surface area contributed by atoms with Gasteiger partial charge in [0, 0.05) is 6.61 Å². The standard InChI is InChI=1S/C13H16N2O3S/c16-6-3-5-11-9-14-13(19-11)15-12(17)8-10-4-1-2-7-18-10/h9-10,16H,1-2,4,6-8H2,(H,14,15,17). The van der Waals surface area contributed by atoms with Crippen molar-refractivity contribution in [2.24, 2.45) is 0 Å². The van der Waals surface area contributed by atoms with Crippen LogP contribution in [0.25, 0.3) is 0 Å². The lowest BCUT2D eigenvalue weighted by Gasteiger charge is -2.21. The minimum atomic E-state index is -0.182. The van der Waals surface area contributed by atoms with Gasteiger partial charge in [-0.1, -0.05) is 23.2 Å². The summed E-state index contributed by atoms with van der Waals surface area (Å²) >= 11 is 1.29. The molecule has 1 aromatic rings. The van der Waals surface area contributed by atoms with Crippen LogP contribution in [0, 0.1) is 11.8 Å². The van der Waals surface area contributed by atoms with E-state index in [2.05, 4.69) is 22.1 Å². The molecule has 1 saturated heterocycles. The molecule has 102 valence electrons. The van der Waals surface area contributed by atoms with Crippen LogP contribution in [-0.4, -0.2) is 35.3 Å². The zero-order chi connectivity index (χ0) is 13.5. The molecule has 1 fully saturated rings. The number of hydrogen-bond acceptors (Lipinski definition) is 5. The molecule has 2 N–H and O–H groups in total. The Balaban J connectivity index is 1.82. The lowest BCUT2D eigenvalue weighted by atomic mass is 10.1. The third kappa shape index (κ3) is 4.63. The van der Waals surface area contributed by atoms with Crippen LogP contribution in [0.3, 0.4) is 0 Å². The molecule has 0 spiro atoms. The van der Waals surface area contributed by atoms with Gasteiger partial charge in [-0.05, 0) is 19.3 Å². The molecule has 2 rings (SSSR count). The van der Waals surface area contributed by atoms with E-state index in [1.165, 1.54) is 11.3 Å². The molecule has 1 atom stereocenters. The first-order chi connectivity index (χ1) is 9.28. The molecule has 1 aliphatic rings. The van der Waals surface area contributed by atoms with Crippen molar-refractivity contribution in [1.29, 1.82) is 0 Å². The summed E-state index contributed by atoms with van der Waals surface area (Å²) < 4.78 is 5.52. The quantitative estimate of drug-likeness (QED) is 0.821. The number of thiazole rings is 1. The van der Waals surface area contributed by atoms with Gasteiger partial charge in [0.1, 0.15) is 6.61 Å². The Morgan fingerprint density at radius 2 is 2.53 bits per heavy atom. The zero-order valence-corrected chi connectivity index (χ0v) is 11.3. The number of anilines is 1. The third-order valence-electron chi connectivity index (χ3n) is 2.73. The number of aliphatic hydroxyl groups excluding tert-OH is 1. The minimum absolute atomic E-state index is 0.0300. The molecule has 0 saturated carbocycles. The van der Waals surface area contributed by atoms with E-state index in [0.717, 1.165) is 30.7 Å². The second-order valence-corrected chi connectivity index (χ2v) is 5.26. The molecule has 6 heteroatoms. The fourth-order valence-electron chi connectivity index (χ4n) is 1.86. The van der Waals surface area contributed by atoms with Crippen molar-refractivity contribution in [2.75, 3.05) is 18.5 Å². The zero-order valence-electron chi connectivity index (χ0n) is 10.5. The van der Waals surface area contributed by atoms with Gasteiger partial charge in [0.15, 0.2) is 5.13 Å². The number of amides is 1. The molecule has 0 bridgehead atoms. The highest BCUT2D eigenvalue weighted by atomic mass is 32.1. The van der Waals surface area contributed by atoms with Crippen molar-refractivity contribution in [3.05, 3.63) is 11.1 Å². The Labute approximate surface area is 116 Å². The van der Waals surface area contributed by atoms with Crippen molar-refractivity contribution in [1.82, 2.24) is 4.98 Å². The van der Waals surface area contributed by atoms with E-state index in [1.54, 1.807) is 6.20 Å². The molecular weight excluding hydrogens is 264 g/mol. The number of carbonyl (C=O) groups is 1. The van der Waals surface area contributed by atoms with Crippen LogP contribution in [0.1, 0.15) is 30.6 Å². The van der Waals surface area contributed by atoms with E-state index in [9.17, 15) is 4.79 Å². The lowest BCUT2D eigenvalue weighted by Crippen LogP contribution is -2.25. The minimum Gasteiger partial charge on any atom is -0.384 e. The van der Waals surface area contributed by atoms with Gasteiger partial charge in [-0.3, -0.25) is 4.79 Å². The van der Waals surface area contributed by atoms with E-state index >= 15 is 0 Å².